The quantitative estimate of drug-likeness (QED) is 0.722. The van der Waals surface area contributed by atoms with Crippen LogP contribution in [-0.4, -0.2) is 34.8 Å². The molecule has 14 heavy (non-hydrogen) atoms. The van der Waals surface area contributed by atoms with Crippen LogP contribution in [0.1, 0.15) is 16.9 Å². The van der Waals surface area contributed by atoms with Gasteiger partial charge in [-0.15, -0.1) is 12.4 Å². The first-order valence-electron chi connectivity index (χ1n) is 4.05. The van der Waals surface area contributed by atoms with Gasteiger partial charge in [0.05, 0.1) is 17.9 Å². The van der Waals surface area contributed by atoms with Gasteiger partial charge in [-0.3, -0.25) is 4.79 Å². The molecule has 0 aliphatic rings. The van der Waals surface area contributed by atoms with Crippen molar-refractivity contribution in [3.63, 3.8) is 0 Å². The van der Waals surface area contributed by atoms with Gasteiger partial charge in [-0.25, -0.2) is 0 Å². The van der Waals surface area contributed by atoms with Gasteiger partial charge in [-0.1, -0.05) is 0 Å². The number of amides is 1. The molecule has 0 bridgehead atoms. The van der Waals surface area contributed by atoms with E-state index in [0.717, 1.165) is 24.7 Å². The fourth-order valence-corrected chi connectivity index (χ4v) is 1.23. The van der Waals surface area contributed by atoms with E-state index in [1.807, 2.05) is 7.05 Å². The maximum atomic E-state index is 11.2. The fourth-order valence-electron chi connectivity index (χ4n) is 0.822. The monoisotopic (exact) mass is 236 g/mol. The van der Waals surface area contributed by atoms with E-state index in [2.05, 4.69) is 19.4 Å². The van der Waals surface area contributed by atoms with Crippen molar-refractivity contribution in [2.24, 2.45) is 0 Å². The Bertz CT molecular complexity index is 254. The average molecular weight is 237 g/mol. The van der Waals surface area contributed by atoms with E-state index in [1.54, 1.807) is 0 Å². The van der Waals surface area contributed by atoms with Gasteiger partial charge in [-0.05, 0) is 20.0 Å². The van der Waals surface area contributed by atoms with Crippen molar-refractivity contribution in [1.82, 2.24) is 19.4 Å². The second-order valence-corrected chi connectivity index (χ2v) is 3.06. The van der Waals surface area contributed by atoms with Gasteiger partial charge in [0.15, 0.2) is 5.69 Å². The third kappa shape index (κ3) is 4.50. The molecule has 0 atom stereocenters. The molecule has 0 saturated carbocycles. The third-order valence-electron chi connectivity index (χ3n) is 1.48. The van der Waals surface area contributed by atoms with E-state index < -0.39 is 0 Å². The molecule has 0 spiro atoms. The first kappa shape index (κ1) is 13.3. The molecule has 0 saturated heterocycles. The third-order valence-corrected chi connectivity index (χ3v) is 1.96. The smallest absolute Gasteiger partial charge is 0.272 e. The van der Waals surface area contributed by atoms with Crippen LogP contribution in [0.15, 0.2) is 6.20 Å². The molecular formula is C7H13ClN4OS. The van der Waals surface area contributed by atoms with Crippen molar-refractivity contribution in [1.29, 1.82) is 0 Å². The Hall–Kier alpha value is -0.720. The van der Waals surface area contributed by atoms with Crippen molar-refractivity contribution < 1.29 is 4.79 Å². The first-order chi connectivity index (χ1) is 6.34. The van der Waals surface area contributed by atoms with Crippen LogP contribution >= 0.6 is 24.1 Å². The van der Waals surface area contributed by atoms with E-state index in [-0.39, 0.29) is 18.3 Å². The summed E-state index contributed by atoms with van der Waals surface area (Å²) in [6, 6.07) is 0. The Balaban J connectivity index is 0.00000169. The number of carbonyl (C=O) groups is 1. The summed E-state index contributed by atoms with van der Waals surface area (Å²) >= 11 is 1.04. The van der Waals surface area contributed by atoms with Crippen LogP contribution in [0, 0.1) is 0 Å². The zero-order chi connectivity index (χ0) is 9.52. The lowest BCUT2D eigenvalue weighted by Crippen LogP contribution is -2.26. The molecule has 2 N–H and O–H groups in total. The number of carbonyl (C=O) groups excluding carboxylic acids is 1. The maximum absolute atomic E-state index is 11.2. The summed E-state index contributed by atoms with van der Waals surface area (Å²) < 4.78 is 7.56. The molecule has 0 aromatic carbocycles. The fraction of sp³-hybridized carbons (Fsp3) is 0.571. The lowest BCUT2D eigenvalue weighted by atomic mass is 10.4. The van der Waals surface area contributed by atoms with Crippen LogP contribution in [0.3, 0.4) is 0 Å². The number of nitrogens with one attached hydrogen (secondary N) is 2. The Labute approximate surface area is 93.0 Å². The van der Waals surface area contributed by atoms with Crippen LogP contribution in [0.4, 0.5) is 0 Å². The molecule has 1 aromatic rings. The highest BCUT2D eigenvalue weighted by Gasteiger charge is 2.06. The second kappa shape index (κ2) is 7.66. The Morgan fingerprint density at radius 1 is 1.57 bits per heavy atom. The number of hydrogen-bond donors (Lipinski definition) is 2. The molecule has 0 radical (unpaired) electrons. The summed E-state index contributed by atoms with van der Waals surface area (Å²) in [6.45, 7) is 1.56. The van der Waals surface area contributed by atoms with Crippen LogP contribution in [0.5, 0.6) is 0 Å². The van der Waals surface area contributed by atoms with Crippen molar-refractivity contribution in [3.8, 4) is 0 Å². The van der Waals surface area contributed by atoms with E-state index in [4.69, 9.17) is 0 Å². The summed E-state index contributed by atoms with van der Waals surface area (Å²) in [5.41, 5.74) is 0.398. The molecular weight excluding hydrogens is 224 g/mol. The van der Waals surface area contributed by atoms with Gasteiger partial charge in [0.25, 0.3) is 5.91 Å². The van der Waals surface area contributed by atoms with Crippen LogP contribution in [-0.2, 0) is 0 Å². The molecule has 5 nitrogen and oxygen atoms in total. The van der Waals surface area contributed by atoms with Crippen LogP contribution in [0.25, 0.3) is 0 Å². The maximum Gasteiger partial charge on any atom is 0.272 e. The molecule has 1 aromatic heterocycles. The molecule has 0 aliphatic heterocycles. The summed E-state index contributed by atoms with van der Waals surface area (Å²) in [5, 5.41) is 5.74. The van der Waals surface area contributed by atoms with Gasteiger partial charge in [0.1, 0.15) is 0 Å². The number of aromatic nitrogens is 2. The number of rotatable bonds is 5. The molecule has 1 amide bonds. The summed E-state index contributed by atoms with van der Waals surface area (Å²) in [6.07, 6.45) is 2.39. The minimum absolute atomic E-state index is 0. The van der Waals surface area contributed by atoms with Gasteiger partial charge in [-0.2, -0.15) is 8.75 Å². The summed E-state index contributed by atoms with van der Waals surface area (Å²) in [5.74, 6) is -0.148. The Kier molecular flexibility index (Phi) is 7.27. The second-order valence-electron chi connectivity index (χ2n) is 2.51. The predicted octanol–water partition coefficient (Wildman–Crippen LogP) is 0.299. The normalized spacial score (nSPS) is 9.21. The van der Waals surface area contributed by atoms with Crippen LogP contribution in [0.2, 0.25) is 0 Å². The number of hydrogen-bond acceptors (Lipinski definition) is 5. The molecule has 0 aliphatic carbocycles. The topological polar surface area (TPSA) is 66.9 Å². The Morgan fingerprint density at radius 2 is 2.36 bits per heavy atom. The minimum Gasteiger partial charge on any atom is -0.351 e. The lowest BCUT2D eigenvalue weighted by molar-refractivity contribution is 0.0949. The highest BCUT2D eigenvalue weighted by molar-refractivity contribution is 6.99. The summed E-state index contributed by atoms with van der Waals surface area (Å²) in [7, 11) is 1.88. The lowest BCUT2D eigenvalue weighted by Gasteiger charge is -2.01. The van der Waals surface area contributed by atoms with E-state index in [0.29, 0.717) is 12.2 Å². The highest BCUT2D eigenvalue weighted by atomic mass is 35.5. The molecule has 7 heteroatoms. The van der Waals surface area contributed by atoms with Gasteiger partial charge >= 0.3 is 0 Å². The summed E-state index contributed by atoms with van der Waals surface area (Å²) in [4.78, 5) is 11.2. The molecule has 1 heterocycles. The van der Waals surface area contributed by atoms with Gasteiger partial charge in [0.2, 0.25) is 0 Å². The van der Waals surface area contributed by atoms with Crippen LogP contribution < -0.4 is 10.6 Å². The first-order valence-corrected chi connectivity index (χ1v) is 4.78. The highest BCUT2D eigenvalue weighted by Crippen LogP contribution is 1.93. The predicted molar refractivity (Wildman–Crippen MR) is 58.0 cm³/mol. The number of nitrogens with zero attached hydrogens (tertiary/aromatic N) is 2. The molecule has 0 unspecified atom stereocenters. The molecule has 1 rings (SSSR count). The Morgan fingerprint density at radius 3 is 2.93 bits per heavy atom. The van der Waals surface area contributed by atoms with E-state index >= 15 is 0 Å². The van der Waals surface area contributed by atoms with Gasteiger partial charge in [0, 0.05) is 6.54 Å². The van der Waals surface area contributed by atoms with Gasteiger partial charge < -0.3 is 10.6 Å². The van der Waals surface area contributed by atoms with E-state index in [9.17, 15) is 4.79 Å². The number of halogens is 1. The minimum atomic E-state index is -0.148. The van der Waals surface area contributed by atoms with Crippen molar-refractivity contribution >= 4 is 30.0 Å². The van der Waals surface area contributed by atoms with Crippen molar-refractivity contribution in [2.45, 2.75) is 6.42 Å². The zero-order valence-electron chi connectivity index (χ0n) is 7.82. The molecule has 0 fully saturated rings. The van der Waals surface area contributed by atoms with Crippen molar-refractivity contribution in [2.75, 3.05) is 20.1 Å². The van der Waals surface area contributed by atoms with E-state index in [1.165, 1.54) is 6.20 Å². The zero-order valence-corrected chi connectivity index (χ0v) is 9.45. The molecule has 80 valence electrons. The SMILES string of the molecule is CNCCCNC(=O)c1cnsn1.Cl. The average Bonchev–Trinajstić information content (AvgIpc) is 2.65. The standard InChI is InChI=1S/C7H12N4OS.ClH/c1-8-3-2-4-9-7(12)6-5-10-13-11-6;/h5,8H,2-4H2,1H3,(H,9,12);1H. The van der Waals surface area contributed by atoms with Crippen molar-refractivity contribution in [3.05, 3.63) is 11.9 Å². The largest absolute Gasteiger partial charge is 0.351 e.